The maximum absolute atomic E-state index is 9.97. The Morgan fingerprint density at radius 1 is 1.26 bits per heavy atom. The van der Waals surface area contributed by atoms with Crippen molar-refractivity contribution in [3.8, 4) is 5.75 Å². The van der Waals surface area contributed by atoms with Gasteiger partial charge >= 0.3 is 0 Å². The van der Waals surface area contributed by atoms with E-state index < -0.39 is 0 Å². The van der Waals surface area contributed by atoms with Crippen molar-refractivity contribution in [3.63, 3.8) is 0 Å². The Hall–Kier alpha value is -0.580. The molecule has 4 heteroatoms. The van der Waals surface area contributed by atoms with E-state index in [0.29, 0.717) is 5.75 Å². The summed E-state index contributed by atoms with van der Waals surface area (Å²) in [6, 6.07) is 5.80. The van der Waals surface area contributed by atoms with Crippen LogP contribution in [0.5, 0.6) is 5.75 Å². The van der Waals surface area contributed by atoms with Crippen molar-refractivity contribution in [2.45, 2.75) is 33.2 Å². The molecule has 1 aromatic rings. The molecule has 0 aromatic heterocycles. The summed E-state index contributed by atoms with van der Waals surface area (Å²) in [7, 11) is 0. The zero-order valence-electron chi connectivity index (χ0n) is 12.1. The maximum atomic E-state index is 9.97. The van der Waals surface area contributed by atoms with Crippen molar-refractivity contribution in [1.29, 1.82) is 0 Å². The third-order valence-electron chi connectivity index (χ3n) is 3.49. The van der Waals surface area contributed by atoms with E-state index in [0.717, 1.165) is 42.6 Å². The molecule has 1 unspecified atom stereocenters. The highest BCUT2D eigenvalue weighted by molar-refractivity contribution is 9.10. The summed E-state index contributed by atoms with van der Waals surface area (Å²) in [6.07, 6.45) is 0.961. The Labute approximate surface area is 125 Å². The first-order chi connectivity index (χ1) is 9.12. The Bertz CT molecular complexity index is 380. The molecule has 108 valence electrons. The molecule has 0 heterocycles. The van der Waals surface area contributed by atoms with E-state index in [-0.39, 0.29) is 6.04 Å². The molecule has 3 nitrogen and oxygen atoms in total. The Morgan fingerprint density at radius 2 is 1.95 bits per heavy atom. The van der Waals surface area contributed by atoms with Gasteiger partial charge in [-0.15, -0.1) is 0 Å². The van der Waals surface area contributed by atoms with Gasteiger partial charge in [0.15, 0.2) is 0 Å². The fraction of sp³-hybridized carbons (Fsp3) is 0.600. The number of aromatic hydroxyl groups is 1. The molecule has 0 radical (unpaired) electrons. The van der Waals surface area contributed by atoms with Crippen LogP contribution in [0.15, 0.2) is 22.7 Å². The predicted octanol–water partition coefficient (Wildman–Crippen LogP) is 3.54. The molecule has 1 atom stereocenters. The molecule has 0 saturated heterocycles. The van der Waals surface area contributed by atoms with Crippen LogP contribution in [-0.2, 0) is 0 Å². The highest BCUT2D eigenvalue weighted by Crippen LogP contribution is 2.29. The Balaban J connectivity index is 2.60. The second kappa shape index (κ2) is 8.56. The summed E-state index contributed by atoms with van der Waals surface area (Å²) in [5.41, 5.74) is 0.969. The van der Waals surface area contributed by atoms with Gasteiger partial charge in [-0.2, -0.15) is 0 Å². The van der Waals surface area contributed by atoms with Gasteiger partial charge in [0, 0.05) is 29.2 Å². The largest absolute Gasteiger partial charge is 0.508 e. The van der Waals surface area contributed by atoms with Crippen LogP contribution in [0.1, 0.15) is 38.8 Å². The fourth-order valence-corrected chi connectivity index (χ4v) is 2.59. The lowest BCUT2D eigenvalue weighted by Crippen LogP contribution is -2.33. The fourth-order valence-electron chi connectivity index (χ4n) is 2.22. The molecule has 0 aliphatic carbocycles. The van der Waals surface area contributed by atoms with Crippen molar-refractivity contribution in [2.75, 3.05) is 26.2 Å². The van der Waals surface area contributed by atoms with Gasteiger partial charge in [-0.05, 0) is 37.7 Å². The average Bonchev–Trinajstić information content (AvgIpc) is 2.42. The summed E-state index contributed by atoms with van der Waals surface area (Å²) in [5, 5.41) is 13.5. The number of phenols is 1. The van der Waals surface area contributed by atoms with Crippen LogP contribution in [-0.4, -0.2) is 36.2 Å². The first-order valence-electron chi connectivity index (χ1n) is 7.06. The van der Waals surface area contributed by atoms with E-state index in [2.05, 4.69) is 46.9 Å². The van der Waals surface area contributed by atoms with Crippen LogP contribution in [0.3, 0.4) is 0 Å². The van der Waals surface area contributed by atoms with Crippen LogP contribution in [0.2, 0.25) is 0 Å². The zero-order chi connectivity index (χ0) is 14.3. The van der Waals surface area contributed by atoms with Crippen LogP contribution >= 0.6 is 15.9 Å². The van der Waals surface area contributed by atoms with Crippen LogP contribution < -0.4 is 5.32 Å². The highest BCUT2D eigenvalue weighted by atomic mass is 79.9. The number of rotatable bonds is 8. The van der Waals surface area contributed by atoms with Crippen molar-refractivity contribution in [1.82, 2.24) is 10.2 Å². The van der Waals surface area contributed by atoms with Gasteiger partial charge < -0.3 is 15.3 Å². The lowest BCUT2D eigenvalue weighted by Gasteiger charge is -2.22. The first-order valence-corrected chi connectivity index (χ1v) is 7.85. The number of benzene rings is 1. The van der Waals surface area contributed by atoms with Gasteiger partial charge in [0.1, 0.15) is 5.75 Å². The predicted molar refractivity (Wildman–Crippen MR) is 84.6 cm³/mol. The topological polar surface area (TPSA) is 35.5 Å². The van der Waals surface area contributed by atoms with E-state index >= 15 is 0 Å². The molecule has 0 bridgehead atoms. The molecule has 2 N–H and O–H groups in total. The van der Waals surface area contributed by atoms with Gasteiger partial charge in [0.2, 0.25) is 0 Å². The first kappa shape index (κ1) is 16.5. The smallest absolute Gasteiger partial charge is 0.120 e. The molecule has 1 rings (SSSR count). The van der Waals surface area contributed by atoms with E-state index in [1.54, 1.807) is 6.07 Å². The molecule has 0 spiro atoms. The van der Waals surface area contributed by atoms with E-state index in [4.69, 9.17) is 0 Å². The lowest BCUT2D eigenvalue weighted by molar-refractivity contribution is 0.295. The molecule has 1 aromatic carbocycles. The number of nitrogens with one attached hydrogen (secondary N) is 1. The van der Waals surface area contributed by atoms with Crippen molar-refractivity contribution >= 4 is 15.9 Å². The van der Waals surface area contributed by atoms with Crippen molar-refractivity contribution in [2.24, 2.45) is 0 Å². The van der Waals surface area contributed by atoms with Gasteiger partial charge in [0.25, 0.3) is 0 Å². The molecule has 0 aliphatic rings. The summed E-state index contributed by atoms with van der Waals surface area (Å²) >= 11 is 3.46. The summed E-state index contributed by atoms with van der Waals surface area (Å²) in [6.45, 7) is 10.6. The number of likely N-dealkylation sites (N-methyl/N-ethyl adjacent to an activating group) is 1. The second-order valence-corrected chi connectivity index (χ2v) is 5.56. The molecule has 0 amide bonds. The number of halogens is 1. The van der Waals surface area contributed by atoms with Gasteiger partial charge in [-0.25, -0.2) is 0 Å². The molecular weight excluding hydrogens is 304 g/mol. The minimum absolute atomic E-state index is 0.202. The SMILES string of the molecule is CCC(NCCN(CC)CC)c1cc(Br)ccc1O. The molecule has 19 heavy (non-hydrogen) atoms. The normalized spacial score (nSPS) is 12.9. The van der Waals surface area contributed by atoms with E-state index in [1.165, 1.54) is 0 Å². The number of phenolic OH excluding ortho intramolecular Hbond substituents is 1. The van der Waals surface area contributed by atoms with Crippen molar-refractivity contribution < 1.29 is 5.11 Å². The molecule has 0 aliphatic heterocycles. The zero-order valence-corrected chi connectivity index (χ0v) is 13.7. The van der Waals surface area contributed by atoms with Gasteiger partial charge in [-0.3, -0.25) is 0 Å². The van der Waals surface area contributed by atoms with Crippen LogP contribution in [0.25, 0.3) is 0 Å². The second-order valence-electron chi connectivity index (χ2n) is 4.64. The number of hydrogen-bond donors (Lipinski definition) is 2. The summed E-state index contributed by atoms with van der Waals surface area (Å²) in [5.74, 6) is 0.366. The third-order valence-corrected chi connectivity index (χ3v) is 3.98. The Morgan fingerprint density at radius 3 is 2.53 bits per heavy atom. The quantitative estimate of drug-likeness (QED) is 0.766. The summed E-state index contributed by atoms with van der Waals surface area (Å²) in [4.78, 5) is 2.39. The van der Waals surface area contributed by atoms with E-state index in [9.17, 15) is 5.11 Å². The summed E-state index contributed by atoms with van der Waals surface area (Å²) < 4.78 is 1.00. The number of nitrogens with zero attached hydrogens (tertiary/aromatic N) is 1. The monoisotopic (exact) mass is 328 g/mol. The molecule has 0 fully saturated rings. The minimum atomic E-state index is 0.202. The lowest BCUT2D eigenvalue weighted by atomic mass is 10.0. The van der Waals surface area contributed by atoms with Crippen LogP contribution in [0, 0.1) is 0 Å². The number of hydrogen-bond acceptors (Lipinski definition) is 3. The van der Waals surface area contributed by atoms with Crippen LogP contribution in [0.4, 0.5) is 0 Å². The molecule has 0 saturated carbocycles. The van der Waals surface area contributed by atoms with Gasteiger partial charge in [0.05, 0.1) is 0 Å². The van der Waals surface area contributed by atoms with E-state index in [1.807, 2.05) is 12.1 Å². The standard InChI is InChI=1S/C15H25BrN2O/c1-4-14(17-9-10-18(5-2)6-3)13-11-12(16)7-8-15(13)19/h7-8,11,14,17,19H,4-6,9-10H2,1-3H3. The average molecular weight is 329 g/mol. The minimum Gasteiger partial charge on any atom is -0.508 e. The maximum Gasteiger partial charge on any atom is 0.120 e. The third kappa shape index (κ3) is 5.13. The Kier molecular flexibility index (Phi) is 7.42. The van der Waals surface area contributed by atoms with Gasteiger partial charge in [-0.1, -0.05) is 36.7 Å². The highest BCUT2D eigenvalue weighted by Gasteiger charge is 2.13. The molecular formula is C15H25BrN2O. The van der Waals surface area contributed by atoms with Crippen molar-refractivity contribution in [3.05, 3.63) is 28.2 Å².